The second kappa shape index (κ2) is 16.9. The molecule has 0 unspecified atom stereocenters. The van der Waals surface area contributed by atoms with Gasteiger partial charge < -0.3 is 23.9 Å². The fourth-order valence-electron chi connectivity index (χ4n) is 5.51. The molecule has 1 N–H and O–H groups in total. The number of nitrogens with zero attached hydrogens (tertiary/aromatic N) is 3. The number of hydrogen-bond donors (Lipinski definition) is 1. The average molecular weight is 819 g/mol. The Hall–Kier alpha value is -3.88. The topological polar surface area (TPSA) is 198 Å². The maximum Gasteiger partial charge on any atom is 0.361 e. The summed E-state index contributed by atoms with van der Waals surface area (Å²) in [5, 5.41) is 10.5. The summed E-state index contributed by atoms with van der Waals surface area (Å²) in [6.07, 6.45) is 4.77. The number of carbonyl (C=O) groups is 2. The molecule has 2 aliphatic carbocycles. The average Bonchev–Trinajstić information content (AvgIpc) is 4.06. The lowest BCUT2D eigenvalue weighted by Crippen LogP contribution is -2.25. The summed E-state index contributed by atoms with van der Waals surface area (Å²) in [7, 11) is -6.81. The normalized spacial score (nSPS) is 20.8. The zero-order valence-corrected chi connectivity index (χ0v) is 32.2. The molecule has 19 heteroatoms. The fraction of sp³-hybridized carbons (Fsp3) is 0.457. The molecule has 4 aliphatic rings. The van der Waals surface area contributed by atoms with Crippen molar-refractivity contribution in [2.75, 3.05) is 44.1 Å². The summed E-state index contributed by atoms with van der Waals surface area (Å²) in [5.41, 5.74) is 0.590. The standard InChI is InChI=1S/C35H38N4O11S4/c40-33(31(38-49-24-13-15-46-20-24)22-1-5-26(6-2-22)53(42,43)28-9-10-28)37-35-36-19-30(52-35)51-18-17-48-34(41)32(39-50-25-14-16-47-21-25)23-3-7-27(8-4-23)54(44,45)29-11-12-29/h1-8,19,24-25,28-29H,9-18,20-21H2,(H,36,37,40)/t24-,25-/m1/s1. The number of thiazole rings is 1. The molecule has 7 rings (SSSR count). The molecule has 288 valence electrons. The van der Waals surface area contributed by atoms with Crippen LogP contribution in [0.4, 0.5) is 5.13 Å². The molecule has 3 aromatic rings. The summed E-state index contributed by atoms with van der Waals surface area (Å²) in [6, 6.07) is 12.0. The van der Waals surface area contributed by atoms with Crippen molar-refractivity contribution in [2.45, 2.75) is 75.2 Å². The van der Waals surface area contributed by atoms with E-state index in [9.17, 15) is 26.4 Å². The van der Waals surface area contributed by atoms with E-state index in [0.717, 1.165) is 4.21 Å². The third kappa shape index (κ3) is 9.49. The van der Waals surface area contributed by atoms with E-state index in [1.54, 1.807) is 6.20 Å². The van der Waals surface area contributed by atoms with Crippen molar-refractivity contribution >= 4 is 71.2 Å². The van der Waals surface area contributed by atoms with Gasteiger partial charge in [0.2, 0.25) is 0 Å². The predicted molar refractivity (Wildman–Crippen MR) is 199 cm³/mol. The van der Waals surface area contributed by atoms with E-state index >= 15 is 0 Å². The number of thioether (sulfide) groups is 1. The number of amides is 1. The zero-order chi connectivity index (χ0) is 37.7. The van der Waals surface area contributed by atoms with E-state index < -0.39 is 31.6 Å². The molecule has 3 heterocycles. The minimum Gasteiger partial charge on any atom is -0.460 e. The first-order valence-corrected chi connectivity index (χ1v) is 22.4. The van der Waals surface area contributed by atoms with Crippen molar-refractivity contribution in [3.63, 3.8) is 0 Å². The molecular weight excluding hydrogens is 781 g/mol. The number of ether oxygens (including phenoxy) is 3. The molecule has 0 spiro atoms. The maximum absolute atomic E-state index is 13.5. The van der Waals surface area contributed by atoms with Crippen LogP contribution < -0.4 is 5.32 Å². The molecule has 1 amide bonds. The molecule has 2 atom stereocenters. The monoisotopic (exact) mass is 818 g/mol. The van der Waals surface area contributed by atoms with Crippen molar-refractivity contribution in [3.05, 3.63) is 65.9 Å². The lowest BCUT2D eigenvalue weighted by atomic mass is 10.1. The van der Waals surface area contributed by atoms with E-state index in [1.807, 2.05) is 0 Å². The van der Waals surface area contributed by atoms with Crippen molar-refractivity contribution in [1.82, 2.24) is 4.98 Å². The van der Waals surface area contributed by atoms with Crippen LogP contribution >= 0.6 is 23.1 Å². The zero-order valence-electron chi connectivity index (χ0n) is 29.0. The molecule has 4 fully saturated rings. The van der Waals surface area contributed by atoms with Crippen LogP contribution in [0.25, 0.3) is 0 Å². The van der Waals surface area contributed by atoms with Gasteiger partial charge in [-0.1, -0.05) is 45.9 Å². The molecule has 2 saturated carbocycles. The van der Waals surface area contributed by atoms with Gasteiger partial charge in [0.05, 0.1) is 57.1 Å². The quantitative estimate of drug-likeness (QED) is 0.0675. The van der Waals surface area contributed by atoms with Crippen LogP contribution in [-0.4, -0.2) is 107 Å². The first-order chi connectivity index (χ1) is 26.1. The van der Waals surface area contributed by atoms with Gasteiger partial charge in [-0.3, -0.25) is 10.1 Å². The summed E-state index contributed by atoms with van der Waals surface area (Å²) in [4.78, 5) is 42.5. The smallest absolute Gasteiger partial charge is 0.361 e. The van der Waals surface area contributed by atoms with Gasteiger partial charge in [0.1, 0.15) is 6.61 Å². The minimum atomic E-state index is -3.40. The van der Waals surface area contributed by atoms with Crippen molar-refractivity contribution in [1.29, 1.82) is 0 Å². The van der Waals surface area contributed by atoms with Gasteiger partial charge in [0.15, 0.2) is 48.4 Å². The molecule has 15 nitrogen and oxygen atoms in total. The van der Waals surface area contributed by atoms with Crippen LogP contribution in [-0.2, 0) is 53.1 Å². The van der Waals surface area contributed by atoms with E-state index in [-0.39, 0.29) is 50.5 Å². The van der Waals surface area contributed by atoms with Crippen molar-refractivity contribution in [2.24, 2.45) is 10.3 Å². The number of esters is 1. The highest BCUT2D eigenvalue weighted by Gasteiger charge is 2.38. The second-order valence-corrected chi connectivity index (χ2v) is 19.9. The van der Waals surface area contributed by atoms with Crippen molar-refractivity contribution < 1.29 is 50.3 Å². The molecule has 1 aromatic heterocycles. The van der Waals surface area contributed by atoms with Gasteiger partial charge >= 0.3 is 5.97 Å². The van der Waals surface area contributed by atoms with Crippen LogP contribution in [0.3, 0.4) is 0 Å². The van der Waals surface area contributed by atoms with E-state index in [1.165, 1.54) is 71.6 Å². The van der Waals surface area contributed by atoms with Gasteiger partial charge in [0.25, 0.3) is 5.91 Å². The lowest BCUT2D eigenvalue weighted by Gasteiger charge is -2.11. The van der Waals surface area contributed by atoms with E-state index in [2.05, 4.69) is 20.6 Å². The molecule has 2 aliphatic heterocycles. The van der Waals surface area contributed by atoms with Crippen LogP contribution in [0, 0.1) is 0 Å². The molecular formula is C35H38N4O11S4. The molecule has 0 radical (unpaired) electrons. The number of anilines is 1. The van der Waals surface area contributed by atoms with Gasteiger partial charge in [-0.15, -0.1) is 11.8 Å². The Morgan fingerprint density at radius 1 is 0.778 bits per heavy atom. The van der Waals surface area contributed by atoms with Gasteiger partial charge in [0, 0.05) is 29.7 Å². The summed E-state index contributed by atoms with van der Waals surface area (Å²) in [5.74, 6) is -0.978. The van der Waals surface area contributed by atoms with Crippen molar-refractivity contribution in [3.8, 4) is 0 Å². The minimum absolute atomic E-state index is 0.00822. The lowest BCUT2D eigenvalue weighted by molar-refractivity contribution is -0.135. The van der Waals surface area contributed by atoms with Crippen LogP contribution in [0.5, 0.6) is 0 Å². The first kappa shape index (κ1) is 38.4. The molecule has 0 bridgehead atoms. The molecule has 2 aromatic carbocycles. The molecule has 54 heavy (non-hydrogen) atoms. The molecule has 2 saturated heterocycles. The van der Waals surface area contributed by atoms with Gasteiger partial charge in [-0.25, -0.2) is 26.6 Å². The Balaban J connectivity index is 0.953. The van der Waals surface area contributed by atoms with Crippen LogP contribution in [0.2, 0.25) is 0 Å². The van der Waals surface area contributed by atoms with Crippen LogP contribution in [0.1, 0.15) is 49.7 Å². The highest BCUT2D eigenvalue weighted by molar-refractivity contribution is 8.01. The Labute approximate surface area is 320 Å². The number of rotatable bonds is 17. The summed E-state index contributed by atoms with van der Waals surface area (Å²) >= 11 is 2.56. The van der Waals surface area contributed by atoms with Gasteiger partial charge in [-0.05, 0) is 49.9 Å². The highest BCUT2D eigenvalue weighted by Crippen LogP contribution is 2.35. The predicted octanol–water partition coefficient (Wildman–Crippen LogP) is 4.01. The number of oxime groups is 2. The third-order valence-corrected chi connectivity index (χ3v) is 15.5. The number of benzene rings is 2. The summed E-state index contributed by atoms with van der Waals surface area (Å²) in [6.45, 7) is 1.74. The van der Waals surface area contributed by atoms with E-state index in [0.29, 0.717) is 87.0 Å². The Morgan fingerprint density at radius 2 is 1.30 bits per heavy atom. The Bertz CT molecular complexity index is 2100. The summed E-state index contributed by atoms with van der Waals surface area (Å²) < 4.78 is 67.6. The number of nitrogens with one attached hydrogen (secondary N) is 1. The number of aromatic nitrogens is 1. The largest absolute Gasteiger partial charge is 0.460 e. The SMILES string of the molecule is O=C(Nc1ncc(SCCOC(=O)C(=NO[C@@H]2CCOC2)c2ccc(S(=O)(=O)C3CC3)cc2)s1)C(=NO[C@@H]1CCOC1)c1ccc(S(=O)(=O)C2CC2)cc1. The second-order valence-electron chi connectivity index (χ2n) is 13.0. The van der Waals surface area contributed by atoms with Crippen LogP contribution in [0.15, 0.2) is 79.0 Å². The fourth-order valence-corrected chi connectivity index (χ4v) is 10.6. The first-order valence-electron chi connectivity index (χ1n) is 17.5. The van der Waals surface area contributed by atoms with Gasteiger partial charge in [-0.2, -0.15) is 0 Å². The Morgan fingerprint density at radius 3 is 1.80 bits per heavy atom. The number of carbonyl (C=O) groups excluding carboxylic acids is 2. The number of hydrogen-bond acceptors (Lipinski definition) is 16. The van der Waals surface area contributed by atoms with E-state index in [4.69, 9.17) is 23.9 Å². The maximum atomic E-state index is 13.5. The highest BCUT2D eigenvalue weighted by atomic mass is 32.2. The Kier molecular flexibility index (Phi) is 12.0. The third-order valence-electron chi connectivity index (χ3n) is 8.88. The number of sulfone groups is 2.